The first-order chi connectivity index (χ1) is 17.2. The predicted molar refractivity (Wildman–Crippen MR) is 145 cm³/mol. The molecule has 1 aliphatic rings. The number of carboxylic acids is 1. The first kappa shape index (κ1) is 25.5. The summed E-state index contributed by atoms with van der Waals surface area (Å²) in [6.07, 6.45) is 1.77. The second-order valence-corrected chi connectivity index (χ2v) is 9.89. The van der Waals surface area contributed by atoms with E-state index in [1.807, 2.05) is 43.3 Å². The first-order valence-electron chi connectivity index (χ1n) is 10.9. The average molecular weight is 567 g/mol. The highest BCUT2D eigenvalue weighted by molar-refractivity contribution is 9.10. The Hall–Kier alpha value is -3.56. The van der Waals surface area contributed by atoms with Crippen LogP contribution in [0.2, 0.25) is 0 Å². The summed E-state index contributed by atoms with van der Waals surface area (Å²) in [5.41, 5.74) is 3.72. The van der Waals surface area contributed by atoms with Crippen molar-refractivity contribution in [3.05, 3.63) is 92.3 Å². The Morgan fingerprint density at radius 1 is 1.14 bits per heavy atom. The number of amides is 1. The fraction of sp³-hybridized carbons (Fsp3) is 0.148. The predicted octanol–water partition coefficient (Wildman–Crippen LogP) is 6.28. The summed E-state index contributed by atoms with van der Waals surface area (Å²) in [5.74, 6) is -0.0693. The number of hydrogen-bond acceptors (Lipinski definition) is 6. The molecule has 0 atom stereocenters. The number of methoxy groups -OCH3 is 1. The summed E-state index contributed by atoms with van der Waals surface area (Å²) < 4.78 is 12.3. The summed E-state index contributed by atoms with van der Waals surface area (Å²) in [7, 11) is 3.22. The van der Waals surface area contributed by atoms with Gasteiger partial charge in [0, 0.05) is 7.05 Å². The zero-order chi connectivity index (χ0) is 25.8. The number of aliphatic imine (C=N–C) groups is 1. The molecule has 1 saturated heterocycles. The van der Waals surface area contributed by atoms with Gasteiger partial charge < -0.3 is 14.6 Å². The molecule has 0 aromatic heterocycles. The minimum absolute atomic E-state index is 0.175. The van der Waals surface area contributed by atoms with Gasteiger partial charge in [0.25, 0.3) is 5.91 Å². The van der Waals surface area contributed by atoms with Crippen molar-refractivity contribution in [2.75, 3.05) is 14.2 Å². The second-order valence-electron chi connectivity index (χ2n) is 8.03. The van der Waals surface area contributed by atoms with Crippen molar-refractivity contribution in [1.29, 1.82) is 0 Å². The summed E-state index contributed by atoms with van der Waals surface area (Å²) in [5, 5.41) is 9.55. The van der Waals surface area contributed by atoms with Crippen LogP contribution in [0.3, 0.4) is 0 Å². The lowest BCUT2D eigenvalue weighted by Crippen LogP contribution is -2.23. The zero-order valence-corrected chi connectivity index (χ0v) is 22.2. The van der Waals surface area contributed by atoms with E-state index >= 15 is 0 Å². The number of thioether (sulfide) groups is 1. The van der Waals surface area contributed by atoms with Gasteiger partial charge in [-0.1, -0.05) is 29.8 Å². The minimum atomic E-state index is -1.00. The number of benzene rings is 3. The molecular weight excluding hydrogens is 544 g/mol. The van der Waals surface area contributed by atoms with Crippen LogP contribution in [-0.2, 0) is 11.4 Å². The van der Waals surface area contributed by atoms with Crippen LogP contribution in [0.5, 0.6) is 11.5 Å². The van der Waals surface area contributed by atoms with Crippen LogP contribution in [0, 0.1) is 6.92 Å². The van der Waals surface area contributed by atoms with Gasteiger partial charge in [0.2, 0.25) is 0 Å². The van der Waals surface area contributed by atoms with Crippen LogP contribution >= 0.6 is 27.7 Å². The molecule has 3 aromatic carbocycles. The van der Waals surface area contributed by atoms with Gasteiger partial charge in [-0.05, 0) is 88.2 Å². The van der Waals surface area contributed by atoms with Gasteiger partial charge in [0.15, 0.2) is 16.7 Å². The number of amidine groups is 1. The molecule has 1 aliphatic heterocycles. The lowest BCUT2D eigenvalue weighted by Gasteiger charge is -2.14. The zero-order valence-electron chi connectivity index (χ0n) is 19.8. The lowest BCUT2D eigenvalue weighted by molar-refractivity contribution is -0.121. The normalized spacial score (nSPS) is 15.6. The minimum Gasteiger partial charge on any atom is -0.493 e. The Balaban J connectivity index is 1.55. The lowest BCUT2D eigenvalue weighted by atomic mass is 10.1. The number of nitrogens with zero attached hydrogens (tertiary/aromatic N) is 2. The molecule has 9 heteroatoms. The van der Waals surface area contributed by atoms with Crippen molar-refractivity contribution in [2.24, 2.45) is 4.99 Å². The Morgan fingerprint density at radius 2 is 1.83 bits per heavy atom. The number of aryl methyl sites for hydroxylation is 1. The Labute approximate surface area is 221 Å². The van der Waals surface area contributed by atoms with Crippen LogP contribution in [0.4, 0.5) is 5.69 Å². The molecule has 0 saturated carbocycles. The molecule has 36 heavy (non-hydrogen) atoms. The van der Waals surface area contributed by atoms with Crippen molar-refractivity contribution in [2.45, 2.75) is 13.5 Å². The van der Waals surface area contributed by atoms with Gasteiger partial charge in [-0.2, -0.15) is 0 Å². The standard InChI is InChI=1S/C27H23BrN2O5S/c1-16-4-6-17(7-5-16)15-35-24-21(28)12-18(13-22(24)34-3)14-23-25(31)30(2)27(36-23)29-20-10-8-19(9-11-20)26(32)33/h4-14H,15H2,1-3H3,(H,32,33)/b23-14-,29-27?. The number of carbonyl (C=O) groups excluding carboxylic acids is 1. The number of carbonyl (C=O) groups is 2. The molecule has 0 aliphatic carbocycles. The molecule has 0 unspecified atom stereocenters. The molecule has 7 nitrogen and oxygen atoms in total. The number of rotatable bonds is 7. The van der Waals surface area contributed by atoms with Crippen molar-refractivity contribution in [3.63, 3.8) is 0 Å². The smallest absolute Gasteiger partial charge is 0.335 e. The van der Waals surface area contributed by atoms with Gasteiger partial charge in [-0.3, -0.25) is 9.69 Å². The molecular formula is C27H23BrN2O5S. The molecule has 1 fully saturated rings. The molecule has 1 N–H and O–H groups in total. The molecule has 184 valence electrons. The van der Waals surface area contributed by atoms with E-state index in [9.17, 15) is 9.59 Å². The topological polar surface area (TPSA) is 88.4 Å². The third-order valence-electron chi connectivity index (χ3n) is 5.40. The Bertz CT molecular complexity index is 1370. The number of ether oxygens (including phenoxy) is 2. The van der Waals surface area contributed by atoms with Crippen molar-refractivity contribution in [3.8, 4) is 11.5 Å². The Kier molecular flexibility index (Phi) is 7.81. The number of likely N-dealkylation sites (N-methyl/N-ethyl adjacent to an activating group) is 1. The summed E-state index contributed by atoms with van der Waals surface area (Å²) >= 11 is 4.81. The van der Waals surface area contributed by atoms with Gasteiger partial charge in [-0.25, -0.2) is 9.79 Å². The second kappa shape index (κ2) is 11.0. The van der Waals surface area contributed by atoms with E-state index in [2.05, 4.69) is 20.9 Å². The summed E-state index contributed by atoms with van der Waals surface area (Å²) in [6.45, 7) is 2.43. The molecule has 0 bridgehead atoms. The number of carboxylic acid groups (broad SMARTS) is 1. The molecule has 4 rings (SSSR count). The highest BCUT2D eigenvalue weighted by atomic mass is 79.9. The van der Waals surface area contributed by atoms with Crippen molar-refractivity contribution >= 4 is 56.5 Å². The fourth-order valence-corrected chi connectivity index (χ4v) is 4.96. The third kappa shape index (κ3) is 5.80. The van der Waals surface area contributed by atoms with Gasteiger partial charge >= 0.3 is 5.97 Å². The van der Waals surface area contributed by atoms with E-state index in [1.165, 1.54) is 34.4 Å². The number of hydrogen-bond donors (Lipinski definition) is 1. The SMILES string of the molecule is COc1cc(/C=C2\SC(=Nc3ccc(C(=O)O)cc3)N(C)C2=O)cc(Br)c1OCc1ccc(C)cc1. The number of aromatic carboxylic acids is 1. The summed E-state index contributed by atoms with van der Waals surface area (Å²) in [4.78, 5) is 30.4. The largest absolute Gasteiger partial charge is 0.493 e. The van der Waals surface area contributed by atoms with Crippen LogP contribution in [0.25, 0.3) is 6.08 Å². The van der Waals surface area contributed by atoms with Crippen LogP contribution in [0.15, 0.2) is 75.0 Å². The van der Waals surface area contributed by atoms with E-state index in [0.717, 1.165) is 11.1 Å². The van der Waals surface area contributed by atoms with E-state index in [0.29, 0.717) is 38.3 Å². The highest BCUT2D eigenvalue weighted by Crippen LogP contribution is 2.39. The van der Waals surface area contributed by atoms with Gasteiger partial charge in [0.1, 0.15) is 6.61 Å². The van der Waals surface area contributed by atoms with E-state index in [4.69, 9.17) is 14.6 Å². The third-order valence-corrected chi connectivity index (χ3v) is 7.05. The molecule has 3 aromatic rings. The summed E-state index contributed by atoms with van der Waals surface area (Å²) in [6, 6.07) is 18.0. The van der Waals surface area contributed by atoms with E-state index < -0.39 is 5.97 Å². The number of halogens is 1. The maximum absolute atomic E-state index is 12.9. The van der Waals surface area contributed by atoms with Crippen LogP contribution in [-0.4, -0.2) is 41.2 Å². The maximum atomic E-state index is 12.9. The van der Waals surface area contributed by atoms with E-state index in [-0.39, 0.29) is 11.5 Å². The Morgan fingerprint density at radius 3 is 2.47 bits per heavy atom. The maximum Gasteiger partial charge on any atom is 0.335 e. The average Bonchev–Trinajstić information content (AvgIpc) is 3.12. The fourth-order valence-electron chi connectivity index (χ4n) is 3.39. The van der Waals surface area contributed by atoms with Gasteiger partial charge in [-0.15, -0.1) is 0 Å². The first-order valence-corrected chi connectivity index (χ1v) is 12.5. The highest BCUT2D eigenvalue weighted by Gasteiger charge is 2.30. The van der Waals surface area contributed by atoms with Gasteiger partial charge in [0.05, 0.1) is 27.7 Å². The van der Waals surface area contributed by atoms with E-state index in [1.54, 1.807) is 32.4 Å². The quantitative estimate of drug-likeness (QED) is 0.339. The van der Waals surface area contributed by atoms with Crippen LogP contribution < -0.4 is 9.47 Å². The van der Waals surface area contributed by atoms with Crippen molar-refractivity contribution in [1.82, 2.24) is 4.90 Å². The van der Waals surface area contributed by atoms with Crippen molar-refractivity contribution < 1.29 is 24.2 Å². The molecule has 0 radical (unpaired) electrons. The monoisotopic (exact) mass is 566 g/mol. The van der Waals surface area contributed by atoms with Crippen LogP contribution in [0.1, 0.15) is 27.0 Å². The molecule has 1 heterocycles. The molecule has 1 amide bonds. The molecule has 0 spiro atoms.